The van der Waals surface area contributed by atoms with Crippen molar-refractivity contribution in [1.29, 1.82) is 0 Å². The van der Waals surface area contributed by atoms with E-state index in [0.717, 1.165) is 23.4 Å². The molecule has 0 radical (unpaired) electrons. The Bertz CT molecular complexity index is 1150. The van der Waals surface area contributed by atoms with Gasteiger partial charge in [-0.2, -0.15) is 13.2 Å². The van der Waals surface area contributed by atoms with Crippen molar-refractivity contribution in [3.8, 4) is 22.8 Å². The lowest BCUT2D eigenvalue weighted by Crippen LogP contribution is -2.10. The van der Waals surface area contributed by atoms with Crippen molar-refractivity contribution >= 4 is 11.8 Å². The smallest absolute Gasteiger partial charge is 0.302 e. The molecule has 0 bridgehead atoms. The topological polar surface area (TPSA) is 82.3 Å². The van der Waals surface area contributed by atoms with Crippen LogP contribution in [0.15, 0.2) is 65.3 Å². The van der Waals surface area contributed by atoms with Crippen molar-refractivity contribution in [2.24, 2.45) is 0 Å². The molecule has 0 fully saturated rings. The summed E-state index contributed by atoms with van der Waals surface area (Å²) >= 11 is 1.00. The number of halogens is 3. The summed E-state index contributed by atoms with van der Waals surface area (Å²) in [7, 11) is 0. The Kier molecular flexibility index (Phi) is 5.44. The van der Waals surface area contributed by atoms with E-state index in [9.17, 15) is 13.2 Å². The van der Waals surface area contributed by atoms with Crippen molar-refractivity contribution in [3.05, 3.63) is 60.8 Å². The highest BCUT2D eigenvalue weighted by Crippen LogP contribution is 2.34. The molecule has 4 heterocycles. The maximum absolute atomic E-state index is 13.4. The van der Waals surface area contributed by atoms with Crippen LogP contribution in [0.2, 0.25) is 0 Å². The summed E-state index contributed by atoms with van der Waals surface area (Å²) in [5, 5.41) is 8.90. The quantitative estimate of drug-likeness (QED) is 0.435. The monoisotopic (exact) mass is 429 g/mol. The van der Waals surface area contributed by atoms with E-state index in [1.165, 1.54) is 12.4 Å². The van der Waals surface area contributed by atoms with Crippen LogP contribution in [0.25, 0.3) is 22.8 Å². The van der Waals surface area contributed by atoms with E-state index in [2.05, 4.69) is 30.1 Å². The summed E-state index contributed by atoms with van der Waals surface area (Å²) in [6.07, 6.45) is 1.61. The second-order valence-electron chi connectivity index (χ2n) is 6.04. The fourth-order valence-corrected chi connectivity index (χ4v) is 3.61. The third-order valence-electron chi connectivity index (χ3n) is 4.10. The van der Waals surface area contributed by atoms with Crippen LogP contribution in [-0.4, -0.2) is 34.7 Å². The molecule has 4 aromatic rings. The summed E-state index contributed by atoms with van der Waals surface area (Å²) in [5.74, 6) is 0.563. The van der Waals surface area contributed by atoms with E-state index in [-0.39, 0.29) is 10.9 Å². The van der Waals surface area contributed by atoms with Gasteiger partial charge in [-0.1, -0.05) is 0 Å². The lowest BCUT2D eigenvalue weighted by Gasteiger charge is -2.11. The third kappa shape index (κ3) is 4.15. The molecule has 4 aromatic heterocycles. The predicted molar refractivity (Wildman–Crippen MR) is 103 cm³/mol. The number of pyridine rings is 2. The Morgan fingerprint density at radius 3 is 2.13 bits per heavy atom. The number of rotatable bonds is 5. The largest absolute Gasteiger partial charge is 0.433 e. The molecule has 0 saturated heterocycles. The Balaban J connectivity index is 1.76. The first-order valence-corrected chi connectivity index (χ1v) is 9.65. The first kappa shape index (κ1) is 20.0. The molecule has 0 amide bonds. The van der Waals surface area contributed by atoms with E-state index in [1.54, 1.807) is 36.7 Å². The number of aromatic nitrogens is 7. The van der Waals surface area contributed by atoms with E-state index >= 15 is 0 Å². The van der Waals surface area contributed by atoms with Crippen molar-refractivity contribution < 1.29 is 13.2 Å². The van der Waals surface area contributed by atoms with Crippen molar-refractivity contribution in [1.82, 2.24) is 34.7 Å². The summed E-state index contributed by atoms with van der Waals surface area (Å²) < 4.78 is 42.1. The summed E-state index contributed by atoms with van der Waals surface area (Å²) in [4.78, 5) is 15.8. The molecule has 7 nitrogen and oxygen atoms in total. The van der Waals surface area contributed by atoms with Gasteiger partial charge in [0.2, 0.25) is 0 Å². The zero-order chi connectivity index (χ0) is 21.1. The Labute approximate surface area is 173 Å². The van der Waals surface area contributed by atoms with Crippen molar-refractivity contribution in [3.63, 3.8) is 0 Å². The fraction of sp³-hybridized carbons (Fsp3) is 0.158. The number of hydrogen-bond donors (Lipinski definition) is 0. The van der Waals surface area contributed by atoms with Crippen LogP contribution in [0.3, 0.4) is 0 Å². The standard InChI is InChI=1S/C19H14F3N7S/c1-2-29-17(13-5-9-24-10-6-13)27-28-18(29)30-15-11-14(19(20,21)22)25-16(26-15)12-3-7-23-8-4-12/h3-11H,2H2,1H3. The zero-order valence-corrected chi connectivity index (χ0v) is 16.4. The molecule has 0 unspecified atom stereocenters. The molecule has 0 aliphatic rings. The summed E-state index contributed by atoms with van der Waals surface area (Å²) in [5.41, 5.74) is 0.221. The molecule has 152 valence electrons. The van der Waals surface area contributed by atoms with Gasteiger partial charge in [0.25, 0.3) is 0 Å². The van der Waals surface area contributed by atoms with Gasteiger partial charge in [0.1, 0.15) is 10.7 Å². The molecule has 0 atom stereocenters. The lowest BCUT2D eigenvalue weighted by molar-refractivity contribution is -0.141. The van der Waals surface area contributed by atoms with Crippen LogP contribution < -0.4 is 0 Å². The highest BCUT2D eigenvalue weighted by atomic mass is 32.2. The molecule has 0 aliphatic heterocycles. The van der Waals surface area contributed by atoms with Gasteiger partial charge in [-0.05, 0) is 43.0 Å². The second-order valence-corrected chi connectivity index (χ2v) is 7.02. The molecule has 0 aliphatic carbocycles. The summed E-state index contributed by atoms with van der Waals surface area (Å²) in [6.45, 7) is 2.43. The molecular weight excluding hydrogens is 415 g/mol. The average Bonchev–Trinajstić information content (AvgIpc) is 3.16. The highest BCUT2D eigenvalue weighted by molar-refractivity contribution is 7.99. The molecule has 30 heavy (non-hydrogen) atoms. The predicted octanol–water partition coefficient (Wildman–Crippen LogP) is 4.38. The molecular formula is C19H14F3N7S. The van der Waals surface area contributed by atoms with Gasteiger partial charge < -0.3 is 4.57 Å². The van der Waals surface area contributed by atoms with E-state index in [4.69, 9.17) is 0 Å². The molecule has 0 aromatic carbocycles. The third-order valence-corrected chi connectivity index (χ3v) is 5.00. The van der Waals surface area contributed by atoms with Gasteiger partial charge >= 0.3 is 6.18 Å². The Hall–Kier alpha value is -3.34. The number of nitrogens with zero attached hydrogens (tertiary/aromatic N) is 7. The second kappa shape index (κ2) is 8.19. The number of hydrogen-bond acceptors (Lipinski definition) is 7. The van der Waals surface area contributed by atoms with Gasteiger partial charge in [0.15, 0.2) is 16.8 Å². The van der Waals surface area contributed by atoms with E-state index in [1.807, 2.05) is 11.5 Å². The normalized spacial score (nSPS) is 11.6. The number of alkyl halides is 3. The fourth-order valence-electron chi connectivity index (χ4n) is 2.71. The molecule has 11 heteroatoms. The minimum atomic E-state index is -4.61. The first-order chi connectivity index (χ1) is 14.5. The first-order valence-electron chi connectivity index (χ1n) is 8.84. The zero-order valence-electron chi connectivity index (χ0n) is 15.6. The van der Waals surface area contributed by atoms with Crippen LogP contribution >= 0.6 is 11.8 Å². The van der Waals surface area contributed by atoms with Gasteiger partial charge in [0.05, 0.1) is 0 Å². The molecule has 0 spiro atoms. The lowest BCUT2D eigenvalue weighted by atomic mass is 10.2. The summed E-state index contributed by atoms with van der Waals surface area (Å²) in [6, 6.07) is 7.60. The van der Waals surface area contributed by atoms with Gasteiger partial charge in [-0.25, -0.2) is 9.97 Å². The molecule has 4 rings (SSSR count). The van der Waals surface area contributed by atoms with Crippen LogP contribution in [0.5, 0.6) is 0 Å². The van der Waals surface area contributed by atoms with Crippen molar-refractivity contribution in [2.45, 2.75) is 29.8 Å². The van der Waals surface area contributed by atoms with E-state index < -0.39 is 11.9 Å². The molecule has 0 N–H and O–H groups in total. The van der Waals surface area contributed by atoms with Crippen LogP contribution in [0.1, 0.15) is 12.6 Å². The van der Waals surface area contributed by atoms with Gasteiger partial charge in [-0.15, -0.1) is 10.2 Å². The van der Waals surface area contributed by atoms with Crippen molar-refractivity contribution in [2.75, 3.05) is 0 Å². The Morgan fingerprint density at radius 2 is 1.53 bits per heavy atom. The average molecular weight is 429 g/mol. The van der Waals surface area contributed by atoms with Gasteiger partial charge in [0, 0.05) is 48.5 Å². The minimum absolute atomic E-state index is 0.0355. The minimum Gasteiger partial charge on any atom is -0.302 e. The maximum Gasteiger partial charge on any atom is 0.433 e. The Morgan fingerprint density at radius 1 is 0.900 bits per heavy atom. The highest BCUT2D eigenvalue weighted by Gasteiger charge is 2.34. The maximum atomic E-state index is 13.4. The molecule has 0 saturated carbocycles. The van der Waals surface area contributed by atoms with Crippen LogP contribution in [-0.2, 0) is 12.7 Å². The van der Waals surface area contributed by atoms with Gasteiger partial charge in [-0.3, -0.25) is 9.97 Å². The van der Waals surface area contributed by atoms with Crippen LogP contribution in [0.4, 0.5) is 13.2 Å². The van der Waals surface area contributed by atoms with Crippen LogP contribution in [0, 0.1) is 0 Å². The van der Waals surface area contributed by atoms with E-state index in [0.29, 0.717) is 23.1 Å². The SMILES string of the molecule is CCn1c(Sc2cc(C(F)(F)F)nc(-c3ccncc3)n2)nnc1-c1ccncc1.